The van der Waals surface area contributed by atoms with Gasteiger partial charge in [0.05, 0.1) is 12.6 Å². The lowest BCUT2D eigenvalue weighted by Crippen LogP contribution is -2.58. The summed E-state index contributed by atoms with van der Waals surface area (Å²) < 4.78 is 0. The van der Waals surface area contributed by atoms with Crippen molar-refractivity contribution in [1.82, 2.24) is 16.0 Å². The summed E-state index contributed by atoms with van der Waals surface area (Å²) in [5, 5.41) is 26.3. The second-order valence-electron chi connectivity index (χ2n) is 7.81. The summed E-state index contributed by atoms with van der Waals surface area (Å²) in [5.41, 5.74) is 6.24. The van der Waals surface area contributed by atoms with E-state index < -0.39 is 54.5 Å². The van der Waals surface area contributed by atoms with E-state index in [1.165, 1.54) is 6.92 Å². The number of carbonyl (C=O) groups excluding carboxylic acids is 3. The molecule has 3 amide bonds. The zero-order valence-corrected chi connectivity index (χ0v) is 18.0. The molecule has 0 radical (unpaired) electrons. The number of nitrogens with two attached hydrogens (primary N) is 1. The second kappa shape index (κ2) is 12.7. The molecule has 0 aromatic heterocycles. The van der Waals surface area contributed by atoms with Crippen LogP contribution in [0.15, 0.2) is 30.3 Å². The largest absolute Gasteiger partial charge is 0.480 e. The molecule has 172 valence electrons. The fourth-order valence-electron chi connectivity index (χ4n) is 2.79. The van der Waals surface area contributed by atoms with Gasteiger partial charge in [0, 0.05) is 6.42 Å². The topological polar surface area (TPSA) is 171 Å². The van der Waals surface area contributed by atoms with Crippen LogP contribution in [-0.4, -0.2) is 64.7 Å². The average molecular weight is 437 g/mol. The Morgan fingerprint density at radius 1 is 0.871 bits per heavy atom. The molecule has 0 saturated heterocycles. The van der Waals surface area contributed by atoms with Crippen LogP contribution in [0.25, 0.3) is 0 Å². The van der Waals surface area contributed by atoms with Crippen molar-refractivity contribution in [1.29, 1.82) is 0 Å². The lowest BCUT2D eigenvalue weighted by atomic mass is 10.0. The summed E-state index contributed by atoms with van der Waals surface area (Å²) in [7, 11) is 0. The summed E-state index contributed by atoms with van der Waals surface area (Å²) in [6.07, 6.45) is 0.324. The molecular weight excluding hydrogens is 404 g/mol. The number of aliphatic hydroxyl groups excluding tert-OH is 1. The van der Waals surface area contributed by atoms with Gasteiger partial charge in [-0.05, 0) is 24.8 Å². The maximum Gasteiger partial charge on any atom is 0.326 e. The Hall–Kier alpha value is -2.98. The van der Waals surface area contributed by atoms with Gasteiger partial charge < -0.3 is 31.9 Å². The van der Waals surface area contributed by atoms with Crippen LogP contribution >= 0.6 is 0 Å². The van der Waals surface area contributed by atoms with E-state index in [0.717, 1.165) is 0 Å². The van der Waals surface area contributed by atoms with Crippen molar-refractivity contribution < 1.29 is 29.4 Å². The molecule has 0 saturated carbocycles. The van der Waals surface area contributed by atoms with E-state index in [2.05, 4.69) is 16.0 Å². The van der Waals surface area contributed by atoms with E-state index in [-0.39, 0.29) is 18.8 Å². The van der Waals surface area contributed by atoms with Crippen molar-refractivity contribution in [2.75, 3.05) is 6.61 Å². The molecule has 0 aliphatic heterocycles. The van der Waals surface area contributed by atoms with E-state index in [1.54, 1.807) is 30.3 Å². The molecule has 31 heavy (non-hydrogen) atoms. The zero-order chi connectivity index (χ0) is 23.6. The molecule has 4 unspecified atom stereocenters. The van der Waals surface area contributed by atoms with Crippen LogP contribution in [0.2, 0.25) is 0 Å². The second-order valence-corrected chi connectivity index (χ2v) is 7.81. The van der Waals surface area contributed by atoms with Crippen LogP contribution < -0.4 is 21.7 Å². The first-order valence-corrected chi connectivity index (χ1v) is 10.1. The highest BCUT2D eigenvalue weighted by Crippen LogP contribution is 2.07. The molecule has 10 heteroatoms. The van der Waals surface area contributed by atoms with Gasteiger partial charge in [0.2, 0.25) is 17.7 Å². The summed E-state index contributed by atoms with van der Waals surface area (Å²) in [5.74, 6) is -3.25. The Kier molecular flexibility index (Phi) is 10.6. The fraction of sp³-hybridized carbons (Fsp3) is 0.524. The highest BCUT2D eigenvalue weighted by atomic mass is 16.4. The van der Waals surface area contributed by atoms with Crippen molar-refractivity contribution in [3.05, 3.63) is 35.9 Å². The quantitative estimate of drug-likeness (QED) is 0.248. The van der Waals surface area contributed by atoms with Crippen LogP contribution in [0.3, 0.4) is 0 Å². The Labute approximate surface area is 181 Å². The Balaban J connectivity index is 2.84. The van der Waals surface area contributed by atoms with Crippen molar-refractivity contribution in [3.63, 3.8) is 0 Å². The number of carboxylic acid groups (broad SMARTS) is 1. The van der Waals surface area contributed by atoms with E-state index >= 15 is 0 Å². The number of rotatable bonds is 12. The number of hydrogen-bond donors (Lipinski definition) is 6. The molecule has 0 bridgehead atoms. The number of amides is 3. The lowest BCUT2D eigenvalue weighted by Gasteiger charge is -2.25. The van der Waals surface area contributed by atoms with Gasteiger partial charge >= 0.3 is 5.97 Å². The van der Waals surface area contributed by atoms with Crippen molar-refractivity contribution in [3.8, 4) is 0 Å². The summed E-state index contributed by atoms with van der Waals surface area (Å²) >= 11 is 0. The Morgan fingerprint density at radius 3 is 1.87 bits per heavy atom. The van der Waals surface area contributed by atoms with Gasteiger partial charge in [-0.25, -0.2) is 4.79 Å². The van der Waals surface area contributed by atoms with Gasteiger partial charge in [0.15, 0.2) is 0 Å². The number of aliphatic hydroxyl groups is 1. The van der Waals surface area contributed by atoms with Gasteiger partial charge in [-0.1, -0.05) is 44.2 Å². The zero-order valence-electron chi connectivity index (χ0n) is 18.0. The van der Waals surface area contributed by atoms with Gasteiger partial charge in [-0.15, -0.1) is 0 Å². The SMILES string of the molecule is CC(C)CC(NC(=O)C(C)N)C(=O)NC(CO)C(=O)NC(Cc1ccccc1)C(=O)O. The molecule has 0 aliphatic carbocycles. The number of hydrogen-bond acceptors (Lipinski definition) is 6. The van der Waals surface area contributed by atoms with Gasteiger partial charge in [-0.2, -0.15) is 0 Å². The first kappa shape index (κ1) is 26.1. The number of aliphatic carboxylic acids is 1. The maximum atomic E-state index is 12.6. The summed E-state index contributed by atoms with van der Waals surface area (Å²) in [6, 6.07) is 4.32. The molecule has 0 aliphatic rings. The molecule has 1 aromatic rings. The number of carboxylic acids is 1. The van der Waals surface area contributed by atoms with Crippen LogP contribution in [0.5, 0.6) is 0 Å². The Morgan fingerprint density at radius 2 is 1.39 bits per heavy atom. The van der Waals surface area contributed by atoms with Gasteiger partial charge in [0.1, 0.15) is 18.1 Å². The summed E-state index contributed by atoms with van der Waals surface area (Å²) in [4.78, 5) is 48.7. The van der Waals surface area contributed by atoms with Crippen molar-refractivity contribution in [2.24, 2.45) is 11.7 Å². The predicted molar refractivity (Wildman–Crippen MR) is 114 cm³/mol. The predicted octanol–water partition coefficient (Wildman–Crippen LogP) is -0.846. The molecule has 0 fully saturated rings. The molecule has 7 N–H and O–H groups in total. The van der Waals surface area contributed by atoms with Crippen LogP contribution in [-0.2, 0) is 25.6 Å². The van der Waals surface area contributed by atoms with Crippen molar-refractivity contribution in [2.45, 2.75) is 57.8 Å². The average Bonchev–Trinajstić information content (AvgIpc) is 2.70. The minimum atomic E-state index is -1.38. The van der Waals surface area contributed by atoms with E-state index in [0.29, 0.717) is 5.56 Å². The van der Waals surface area contributed by atoms with E-state index in [9.17, 15) is 29.4 Å². The minimum Gasteiger partial charge on any atom is -0.480 e. The molecular formula is C21H32N4O6. The third-order valence-electron chi connectivity index (χ3n) is 4.47. The van der Waals surface area contributed by atoms with Gasteiger partial charge in [-0.3, -0.25) is 14.4 Å². The van der Waals surface area contributed by atoms with Crippen LogP contribution in [0.1, 0.15) is 32.8 Å². The standard InChI is InChI=1S/C21H32N4O6/c1-12(2)9-15(23-18(27)13(3)22)19(28)25-17(11-26)20(29)24-16(21(30)31)10-14-7-5-4-6-8-14/h4-8,12-13,15-17,26H,9-11,22H2,1-3H3,(H,23,27)(H,24,29)(H,25,28)(H,30,31). The van der Waals surface area contributed by atoms with E-state index in [4.69, 9.17) is 5.73 Å². The molecule has 1 aromatic carbocycles. The minimum absolute atomic E-state index is 0.0361. The first-order valence-electron chi connectivity index (χ1n) is 10.1. The first-order chi connectivity index (χ1) is 14.5. The molecule has 0 spiro atoms. The summed E-state index contributed by atoms with van der Waals surface area (Å²) in [6.45, 7) is 4.44. The molecule has 0 heterocycles. The normalized spacial score (nSPS) is 14.8. The lowest BCUT2D eigenvalue weighted by molar-refractivity contribution is -0.142. The number of nitrogens with one attached hydrogen (secondary N) is 3. The van der Waals surface area contributed by atoms with Crippen molar-refractivity contribution >= 4 is 23.7 Å². The number of carbonyl (C=O) groups is 4. The molecule has 1 rings (SSSR count). The molecule has 10 nitrogen and oxygen atoms in total. The number of benzene rings is 1. The van der Waals surface area contributed by atoms with Crippen LogP contribution in [0.4, 0.5) is 0 Å². The highest BCUT2D eigenvalue weighted by Gasteiger charge is 2.30. The van der Waals surface area contributed by atoms with Crippen LogP contribution in [0, 0.1) is 5.92 Å². The van der Waals surface area contributed by atoms with Gasteiger partial charge in [0.25, 0.3) is 0 Å². The highest BCUT2D eigenvalue weighted by molar-refractivity contribution is 5.94. The smallest absolute Gasteiger partial charge is 0.326 e. The Bertz CT molecular complexity index is 753. The third-order valence-corrected chi connectivity index (χ3v) is 4.47. The van der Waals surface area contributed by atoms with E-state index in [1.807, 2.05) is 13.8 Å². The maximum absolute atomic E-state index is 12.6. The third kappa shape index (κ3) is 9.14. The monoisotopic (exact) mass is 436 g/mol. The fourth-order valence-corrected chi connectivity index (χ4v) is 2.79. The molecule has 4 atom stereocenters.